The summed E-state index contributed by atoms with van der Waals surface area (Å²) in [5, 5.41) is 2.31. The summed E-state index contributed by atoms with van der Waals surface area (Å²) in [7, 11) is 0. The number of rotatable bonds is 6. The van der Waals surface area contributed by atoms with Crippen LogP contribution in [0.25, 0.3) is 10.8 Å². The van der Waals surface area contributed by atoms with Crippen molar-refractivity contribution >= 4 is 16.7 Å². The first-order chi connectivity index (χ1) is 15.0. The van der Waals surface area contributed by atoms with Crippen LogP contribution in [0.15, 0.2) is 54.1 Å². The van der Waals surface area contributed by atoms with Crippen molar-refractivity contribution in [1.82, 2.24) is 4.90 Å². The smallest absolute Gasteiger partial charge is 0.254 e. The number of benzene rings is 2. The molecule has 2 fully saturated rings. The average molecular weight is 420 g/mol. The molecule has 164 valence electrons. The number of allylic oxidation sites excluding steroid dienone is 1. The van der Waals surface area contributed by atoms with Crippen LogP contribution in [0.5, 0.6) is 0 Å². The van der Waals surface area contributed by atoms with E-state index in [9.17, 15) is 4.79 Å². The van der Waals surface area contributed by atoms with E-state index in [1.807, 2.05) is 18.2 Å². The molecular formula is C27H35N2O2+. The van der Waals surface area contributed by atoms with Crippen LogP contribution in [-0.4, -0.2) is 56.7 Å². The van der Waals surface area contributed by atoms with Crippen LogP contribution in [0.1, 0.15) is 37.0 Å². The van der Waals surface area contributed by atoms with Gasteiger partial charge in [-0.15, -0.1) is 0 Å². The normalized spacial score (nSPS) is 25.0. The largest absolute Gasteiger partial charge is 0.370 e. The predicted octanol–water partition coefficient (Wildman–Crippen LogP) is 3.19. The molecule has 1 heterocycles. The Hall–Kier alpha value is -2.17. The molecule has 0 radical (unpaired) electrons. The van der Waals surface area contributed by atoms with Crippen LogP contribution < -0.4 is 4.90 Å². The van der Waals surface area contributed by atoms with E-state index in [4.69, 9.17) is 4.74 Å². The summed E-state index contributed by atoms with van der Waals surface area (Å²) in [4.78, 5) is 17.3. The molecule has 1 aliphatic heterocycles. The van der Waals surface area contributed by atoms with Crippen molar-refractivity contribution < 1.29 is 14.4 Å². The van der Waals surface area contributed by atoms with Crippen molar-refractivity contribution in [3.05, 3.63) is 59.7 Å². The second-order valence-electron chi connectivity index (χ2n) is 10.2. The zero-order valence-corrected chi connectivity index (χ0v) is 18.9. The van der Waals surface area contributed by atoms with E-state index in [0.29, 0.717) is 11.3 Å². The lowest BCUT2D eigenvalue weighted by atomic mass is 9.49. The highest BCUT2D eigenvalue weighted by Crippen LogP contribution is 2.59. The van der Waals surface area contributed by atoms with Crippen LogP contribution in [0, 0.1) is 17.3 Å². The Kier molecular flexibility index (Phi) is 5.61. The predicted molar refractivity (Wildman–Crippen MR) is 124 cm³/mol. The van der Waals surface area contributed by atoms with Crippen LogP contribution in [0.4, 0.5) is 0 Å². The van der Waals surface area contributed by atoms with Crippen LogP contribution in [0.3, 0.4) is 0 Å². The fourth-order valence-corrected chi connectivity index (χ4v) is 5.84. The van der Waals surface area contributed by atoms with Gasteiger partial charge in [-0.1, -0.05) is 55.8 Å². The second-order valence-corrected chi connectivity index (χ2v) is 10.2. The molecule has 2 aromatic rings. The van der Waals surface area contributed by atoms with Crippen molar-refractivity contribution in [3.8, 4) is 0 Å². The number of fused-ring (bicyclic) bond motifs is 2. The highest BCUT2D eigenvalue weighted by molar-refractivity contribution is 5.98. The summed E-state index contributed by atoms with van der Waals surface area (Å²) in [6, 6.07) is 14.4. The summed E-state index contributed by atoms with van der Waals surface area (Å²) in [6.07, 6.45) is 4.91. The van der Waals surface area contributed by atoms with Crippen molar-refractivity contribution in [3.63, 3.8) is 0 Å². The van der Waals surface area contributed by atoms with E-state index >= 15 is 0 Å². The van der Waals surface area contributed by atoms with Gasteiger partial charge in [-0.05, 0) is 53.0 Å². The maximum atomic E-state index is 13.7. The number of hydrogen-bond donors (Lipinski definition) is 1. The molecule has 1 amide bonds. The number of quaternary nitrogens is 1. The van der Waals surface area contributed by atoms with Crippen molar-refractivity contribution in [1.29, 1.82) is 0 Å². The topological polar surface area (TPSA) is 34.0 Å². The third-order valence-corrected chi connectivity index (χ3v) is 8.17. The highest BCUT2D eigenvalue weighted by Gasteiger charge is 2.51. The van der Waals surface area contributed by atoms with Gasteiger partial charge in [0.05, 0.1) is 26.3 Å². The lowest BCUT2D eigenvalue weighted by Crippen LogP contribution is -3.14. The highest BCUT2D eigenvalue weighted by atomic mass is 16.5. The van der Waals surface area contributed by atoms with Crippen molar-refractivity contribution in [2.24, 2.45) is 17.3 Å². The lowest BCUT2D eigenvalue weighted by molar-refractivity contribution is -0.907. The molecule has 0 aromatic heterocycles. The van der Waals surface area contributed by atoms with E-state index in [1.54, 1.807) is 4.90 Å². The van der Waals surface area contributed by atoms with Crippen molar-refractivity contribution in [2.45, 2.75) is 26.7 Å². The Morgan fingerprint density at radius 2 is 1.90 bits per heavy atom. The molecule has 31 heavy (non-hydrogen) atoms. The van der Waals surface area contributed by atoms with Gasteiger partial charge in [-0.25, -0.2) is 0 Å². The maximum absolute atomic E-state index is 13.7. The molecule has 1 saturated heterocycles. The SMILES string of the molecule is CC1(C)C2CC=C(CN(CC[NH+]3CCOCC3)C(=O)c3ccc4ccccc4c3)C1C2. The van der Waals surface area contributed by atoms with Crippen molar-refractivity contribution in [2.75, 3.05) is 45.9 Å². The molecule has 3 aliphatic carbocycles. The first kappa shape index (κ1) is 20.7. The van der Waals surface area contributed by atoms with Gasteiger partial charge in [0.1, 0.15) is 13.1 Å². The third-order valence-electron chi connectivity index (χ3n) is 8.17. The molecule has 1 saturated carbocycles. The molecule has 2 unspecified atom stereocenters. The van der Waals surface area contributed by atoms with Gasteiger partial charge in [0.2, 0.25) is 0 Å². The Bertz CT molecular complexity index is 990. The molecule has 4 aliphatic rings. The molecular weight excluding hydrogens is 384 g/mol. The minimum atomic E-state index is 0.165. The van der Waals surface area contributed by atoms with Gasteiger partial charge in [0.15, 0.2) is 0 Å². The molecule has 2 aromatic carbocycles. The third kappa shape index (κ3) is 4.04. The minimum absolute atomic E-state index is 0.165. The fraction of sp³-hybridized carbons (Fsp3) is 0.519. The maximum Gasteiger partial charge on any atom is 0.254 e. The Morgan fingerprint density at radius 1 is 1.13 bits per heavy atom. The summed E-state index contributed by atoms with van der Waals surface area (Å²) >= 11 is 0. The monoisotopic (exact) mass is 419 g/mol. The summed E-state index contributed by atoms with van der Waals surface area (Å²) < 4.78 is 5.52. The number of carbonyl (C=O) groups is 1. The van der Waals surface area contributed by atoms with Crippen LogP contribution >= 0.6 is 0 Å². The number of nitrogens with one attached hydrogen (secondary N) is 1. The lowest BCUT2D eigenvalue weighted by Gasteiger charge is -2.57. The Balaban J connectivity index is 1.37. The molecule has 2 bridgehead atoms. The summed E-state index contributed by atoms with van der Waals surface area (Å²) in [5.41, 5.74) is 2.67. The van der Waals surface area contributed by atoms with Gasteiger partial charge in [0, 0.05) is 12.1 Å². The van der Waals surface area contributed by atoms with E-state index in [-0.39, 0.29) is 5.91 Å². The quantitative estimate of drug-likeness (QED) is 0.730. The number of nitrogens with zero attached hydrogens (tertiary/aromatic N) is 1. The molecule has 2 atom stereocenters. The number of carbonyl (C=O) groups excluding carboxylic acids is 1. The van der Waals surface area contributed by atoms with Gasteiger partial charge in [-0.2, -0.15) is 0 Å². The average Bonchev–Trinajstić information content (AvgIpc) is 2.81. The number of morpholine rings is 1. The Labute approximate surface area is 185 Å². The minimum Gasteiger partial charge on any atom is -0.370 e. The van der Waals surface area contributed by atoms with E-state index in [2.05, 4.69) is 49.1 Å². The van der Waals surface area contributed by atoms with Crippen LogP contribution in [0.2, 0.25) is 0 Å². The zero-order chi connectivity index (χ0) is 21.4. The van der Waals surface area contributed by atoms with Gasteiger partial charge in [-0.3, -0.25) is 4.79 Å². The van der Waals surface area contributed by atoms with E-state index in [1.165, 1.54) is 23.8 Å². The number of ether oxygens (including phenoxy) is 1. The first-order valence-corrected chi connectivity index (χ1v) is 11.9. The summed E-state index contributed by atoms with van der Waals surface area (Å²) in [5.74, 6) is 1.62. The second kappa shape index (κ2) is 8.40. The zero-order valence-electron chi connectivity index (χ0n) is 18.9. The van der Waals surface area contributed by atoms with E-state index in [0.717, 1.165) is 62.8 Å². The molecule has 4 heteroatoms. The summed E-state index contributed by atoms with van der Waals surface area (Å²) in [6.45, 7) is 11.1. The first-order valence-electron chi connectivity index (χ1n) is 11.9. The molecule has 4 nitrogen and oxygen atoms in total. The Morgan fingerprint density at radius 3 is 2.65 bits per heavy atom. The van der Waals surface area contributed by atoms with Gasteiger partial charge in [0.25, 0.3) is 5.91 Å². The number of amides is 1. The van der Waals surface area contributed by atoms with Gasteiger partial charge >= 0.3 is 0 Å². The molecule has 0 spiro atoms. The number of hydrogen-bond acceptors (Lipinski definition) is 2. The van der Waals surface area contributed by atoms with Crippen LogP contribution in [-0.2, 0) is 4.74 Å². The fourth-order valence-electron chi connectivity index (χ4n) is 5.84. The standard InChI is InChI=1S/C27H34N2O2/c1-27(2)24-10-9-23(25(27)18-24)19-29(12-11-28-13-15-31-16-14-28)26(30)22-8-7-20-5-3-4-6-21(20)17-22/h3-9,17,24-25H,10-16,18-19H2,1-2H3/p+1. The molecule has 1 N–H and O–H groups in total. The molecule has 6 rings (SSSR count). The van der Waals surface area contributed by atoms with E-state index < -0.39 is 0 Å². The van der Waals surface area contributed by atoms with Gasteiger partial charge < -0.3 is 14.5 Å².